The molecule has 0 aliphatic heterocycles. The van der Waals surface area contributed by atoms with Crippen LogP contribution in [0.1, 0.15) is 27.9 Å². The maximum atomic E-state index is 12.6. The van der Waals surface area contributed by atoms with Crippen LogP contribution in [0.15, 0.2) is 82.6 Å². The van der Waals surface area contributed by atoms with Crippen LogP contribution in [0.2, 0.25) is 0 Å². The number of rotatable bonds is 6. The molecule has 2 aromatic carbocycles. The number of ether oxygens (including phenoxy) is 1. The molecule has 0 saturated heterocycles. The van der Waals surface area contributed by atoms with Gasteiger partial charge in [0, 0.05) is 9.79 Å². The van der Waals surface area contributed by atoms with E-state index in [0.29, 0.717) is 5.69 Å². The van der Waals surface area contributed by atoms with Crippen molar-refractivity contribution in [2.24, 2.45) is 0 Å². The van der Waals surface area contributed by atoms with Gasteiger partial charge in [0.15, 0.2) is 0 Å². The maximum Gasteiger partial charge on any atom is 0.356 e. The third-order valence-corrected chi connectivity index (χ3v) is 4.66. The number of benzene rings is 2. The molecule has 136 valence electrons. The van der Waals surface area contributed by atoms with E-state index in [2.05, 4.69) is 10.3 Å². The molecule has 0 fully saturated rings. The Kier molecular flexibility index (Phi) is 6.22. The number of nitrogens with zero attached hydrogens (tertiary/aromatic N) is 1. The number of carbonyl (C=O) groups is 2. The molecule has 0 saturated carbocycles. The fourth-order valence-electron chi connectivity index (χ4n) is 2.34. The lowest BCUT2D eigenvalue weighted by Crippen LogP contribution is -2.16. The van der Waals surface area contributed by atoms with Crippen molar-refractivity contribution in [3.63, 3.8) is 0 Å². The van der Waals surface area contributed by atoms with E-state index in [9.17, 15) is 9.59 Å². The van der Waals surface area contributed by atoms with Gasteiger partial charge < -0.3 is 10.1 Å². The molecule has 0 aliphatic carbocycles. The van der Waals surface area contributed by atoms with Gasteiger partial charge in [0.1, 0.15) is 11.4 Å². The highest BCUT2D eigenvalue weighted by Gasteiger charge is 2.14. The van der Waals surface area contributed by atoms with Crippen LogP contribution in [0.25, 0.3) is 0 Å². The van der Waals surface area contributed by atoms with Crippen LogP contribution in [0.4, 0.5) is 5.69 Å². The van der Waals surface area contributed by atoms with Crippen molar-refractivity contribution in [3.05, 3.63) is 84.2 Å². The topological polar surface area (TPSA) is 68.3 Å². The van der Waals surface area contributed by atoms with E-state index in [1.54, 1.807) is 30.8 Å². The number of nitrogens with one attached hydrogen (secondary N) is 1. The highest BCUT2D eigenvalue weighted by Crippen LogP contribution is 2.33. The summed E-state index contributed by atoms with van der Waals surface area (Å²) in [5, 5.41) is 2.87. The highest BCUT2D eigenvalue weighted by atomic mass is 32.2. The molecule has 5 nitrogen and oxygen atoms in total. The van der Waals surface area contributed by atoms with E-state index in [4.69, 9.17) is 4.74 Å². The SMILES string of the molecule is CCOC(=O)c1cccc(C(=O)Nc2ccccc2Sc2ccccc2)n1. The van der Waals surface area contributed by atoms with E-state index >= 15 is 0 Å². The van der Waals surface area contributed by atoms with E-state index in [1.165, 1.54) is 6.07 Å². The molecular formula is C21H18N2O3S. The van der Waals surface area contributed by atoms with Crippen LogP contribution < -0.4 is 5.32 Å². The first kappa shape index (κ1) is 18.7. The summed E-state index contributed by atoms with van der Waals surface area (Å²) in [6, 6.07) is 22.1. The number of anilines is 1. The van der Waals surface area contributed by atoms with Gasteiger partial charge in [-0.1, -0.05) is 48.2 Å². The third kappa shape index (κ3) is 4.95. The number of aromatic nitrogens is 1. The standard InChI is InChI=1S/C21H18N2O3S/c1-2-26-21(25)18-13-8-12-17(22-18)20(24)23-16-11-6-7-14-19(16)27-15-9-4-3-5-10-15/h3-14H,2H2,1H3,(H,23,24). The Morgan fingerprint density at radius 1 is 0.926 bits per heavy atom. The normalized spacial score (nSPS) is 10.3. The first-order chi connectivity index (χ1) is 13.2. The Bertz CT molecular complexity index is 945. The molecule has 3 rings (SSSR count). The van der Waals surface area contributed by atoms with Crippen LogP contribution >= 0.6 is 11.8 Å². The van der Waals surface area contributed by atoms with Crippen LogP contribution in [0.5, 0.6) is 0 Å². The van der Waals surface area contributed by atoms with Crippen molar-refractivity contribution >= 4 is 29.3 Å². The highest BCUT2D eigenvalue weighted by molar-refractivity contribution is 7.99. The molecule has 3 aromatic rings. The molecule has 1 aromatic heterocycles. The predicted octanol–water partition coefficient (Wildman–Crippen LogP) is 4.66. The number of carbonyl (C=O) groups excluding carboxylic acids is 2. The Hall–Kier alpha value is -3.12. The lowest BCUT2D eigenvalue weighted by atomic mass is 10.2. The number of pyridine rings is 1. The van der Waals surface area contributed by atoms with Crippen molar-refractivity contribution in [2.75, 3.05) is 11.9 Å². The van der Waals surface area contributed by atoms with E-state index in [1.807, 2.05) is 54.6 Å². The molecule has 0 atom stereocenters. The first-order valence-corrected chi connectivity index (χ1v) is 9.26. The zero-order valence-electron chi connectivity index (χ0n) is 14.7. The second-order valence-electron chi connectivity index (χ2n) is 5.49. The van der Waals surface area contributed by atoms with Gasteiger partial charge in [-0.2, -0.15) is 0 Å². The van der Waals surface area contributed by atoms with Crippen LogP contribution in [0, 0.1) is 0 Å². The maximum absolute atomic E-state index is 12.6. The predicted molar refractivity (Wildman–Crippen MR) is 105 cm³/mol. The summed E-state index contributed by atoms with van der Waals surface area (Å²) in [6.45, 7) is 1.97. The van der Waals surface area contributed by atoms with Gasteiger partial charge in [-0.05, 0) is 43.3 Å². The largest absolute Gasteiger partial charge is 0.461 e. The smallest absolute Gasteiger partial charge is 0.356 e. The number of hydrogen-bond donors (Lipinski definition) is 1. The minimum atomic E-state index is -0.549. The average Bonchev–Trinajstić information content (AvgIpc) is 2.70. The lowest BCUT2D eigenvalue weighted by Gasteiger charge is -2.11. The van der Waals surface area contributed by atoms with Gasteiger partial charge in [0.25, 0.3) is 5.91 Å². The molecule has 27 heavy (non-hydrogen) atoms. The van der Waals surface area contributed by atoms with Gasteiger partial charge in [-0.25, -0.2) is 9.78 Å². The van der Waals surface area contributed by atoms with Gasteiger partial charge in [0.2, 0.25) is 0 Å². The van der Waals surface area contributed by atoms with Crippen molar-refractivity contribution in [2.45, 2.75) is 16.7 Å². The van der Waals surface area contributed by atoms with Crippen molar-refractivity contribution in [1.82, 2.24) is 4.98 Å². The van der Waals surface area contributed by atoms with Gasteiger partial charge in [-0.15, -0.1) is 0 Å². The first-order valence-electron chi connectivity index (χ1n) is 8.45. The monoisotopic (exact) mass is 378 g/mol. The number of para-hydroxylation sites is 1. The second-order valence-corrected chi connectivity index (χ2v) is 6.61. The molecule has 0 aliphatic rings. The number of hydrogen-bond acceptors (Lipinski definition) is 5. The van der Waals surface area contributed by atoms with Crippen molar-refractivity contribution < 1.29 is 14.3 Å². The Balaban J connectivity index is 1.79. The summed E-state index contributed by atoms with van der Waals surface area (Å²) in [4.78, 5) is 30.5. The van der Waals surface area contributed by atoms with Crippen LogP contribution in [-0.2, 0) is 4.74 Å². The molecule has 1 N–H and O–H groups in total. The van der Waals surface area contributed by atoms with Gasteiger partial charge in [-0.3, -0.25) is 4.79 Å². The average molecular weight is 378 g/mol. The third-order valence-electron chi connectivity index (χ3n) is 3.57. The summed E-state index contributed by atoms with van der Waals surface area (Å²) in [5.41, 5.74) is 0.941. The van der Waals surface area contributed by atoms with Crippen molar-refractivity contribution in [1.29, 1.82) is 0 Å². The van der Waals surface area contributed by atoms with Crippen molar-refractivity contribution in [3.8, 4) is 0 Å². The molecule has 0 bridgehead atoms. The Morgan fingerprint density at radius 3 is 2.41 bits per heavy atom. The summed E-state index contributed by atoms with van der Waals surface area (Å²) in [7, 11) is 0. The van der Waals surface area contributed by atoms with E-state index < -0.39 is 5.97 Å². The van der Waals surface area contributed by atoms with E-state index in [-0.39, 0.29) is 23.9 Å². The molecule has 0 unspecified atom stereocenters. The molecule has 0 radical (unpaired) electrons. The molecule has 0 spiro atoms. The van der Waals surface area contributed by atoms with Gasteiger partial charge in [0.05, 0.1) is 12.3 Å². The van der Waals surface area contributed by atoms with Crippen LogP contribution in [-0.4, -0.2) is 23.5 Å². The Morgan fingerprint density at radius 2 is 1.63 bits per heavy atom. The van der Waals surface area contributed by atoms with E-state index in [0.717, 1.165) is 9.79 Å². The summed E-state index contributed by atoms with van der Waals surface area (Å²) >= 11 is 1.56. The minimum Gasteiger partial charge on any atom is -0.461 e. The molecule has 1 amide bonds. The molecule has 6 heteroatoms. The van der Waals surface area contributed by atoms with Gasteiger partial charge >= 0.3 is 5.97 Å². The lowest BCUT2D eigenvalue weighted by molar-refractivity contribution is 0.0519. The fourth-order valence-corrected chi connectivity index (χ4v) is 3.26. The quantitative estimate of drug-likeness (QED) is 0.632. The fraction of sp³-hybridized carbons (Fsp3) is 0.0952. The summed E-state index contributed by atoms with van der Waals surface area (Å²) < 4.78 is 4.93. The molecular weight excluding hydrogens is 360 g/mol. The molecule has 1 heterocycles. The second kappa shape index (κ2) is 9.00. The minimum absolute atomic E-state index is 0.108. The summed E-state index contributed by atoms with van der Waals surface area (Å²) in [6.07, 6.45) is 0. The number of esters is 1. The zero-order chi connectivity index (χ0) is 19.1. The Labute approximate surface area is 161 Å². The van der Waals surface area contributed by atoms with Crippen LogP contribution in [0.3, 0.4) is 0 Å². The zero-order valence-corrected chi connectivity index (χ0v) is 15.5. The number of amides is 1. The summed E-state index contributed by atoms with van der Waals surface area (Å²) in [5.74, 6) is -0.936.